The van der Waals surface area contributed by atoms with Crippen LogP contribution in [0, 0.1) is 6.92 Å². The molecule has 2 aromatic carbocycles. The number of carbonyl (C=O) groups excluding carboxylic acids is 1. The molecule has 3 aromatic rings. The highest BCUT2D eigenvalue weighted by Crippen LogP contribution is 2.26. The van der Waals surface area contributed by atoms with Crippen LogP contribution in [0.15, 0.2) is 47.3 Å². The molecule has 3 rings (SSSR count). The van der Waals surface area contributed by atoms with Gasteiger partial charge < -0.3 is 14.4 Å². The van der Waals surface area contributed by atoms with Crippen molar-refractivity contribution in [2.24, 2.45) is 7.05 Å². The van der Waals surface area contributed by atoms with Crippen molar-refractivity contribution in [1.82, 2.24) is 4.57 Å². The van der Waals surface area contributed by atoms with Gasteiger partial charge in [-0.15, -0.1) is 11.3 Å². The lowest BCUT2D eigenvalue weighted by atomic mass is 10.1. The van der Waals surface area contributed by atoms with Gasteiger partial charge in [-0.25, -0.2) is 0 Å². The van der Waals surface area contributed by atoms with Crippen LogP contribution in [0.25, 0.3) is 12.2 Å². The van der Waals surface area contributed by atoms with E-state index in [9.17, 15) is 14.7 Å². The van der Waals surface area contributed by atoms with Crippen LogP contribution < -0.4 is 19.5 Å². The second-order valence-corrected chi connectivity index (χ2v) is 7.36. The number of aryl methyl sites for hydroxylation is 1. The van der Waals surface area contributed by atoms with Gasteiger partial charge in [0.1, 0.15) is 4.66 Å². The highest BCUT2D eigenvalue weighted by atomic mass is 32.1. The zero-order valence-corrected chi connectivity index (χ0v) is 16.7. The summed E-state index contributed by atoms with van der Waals surface area (Å²) in [6.45, 7) is 4.14. The van der Waals surface area contributed by atoms with E-state index in [1.54, 1.807) is 31.3 Å². The highest BCUT2D eigenvalue weighted by molar-refractivity contribution is 7.07. The van der Waals surface area contributed by atoms with Gasteiger partial charge in [0.05, 0.1) is 11.1 Å². The van der Waals surface area contributed by atoms with Crippen molar-refractivity contribution in [2.75, 3.05) is 6.61 Å². The molecule has 0 radical (unpaired) electrons. The second kappa shape index (κ2) is 8.27. The lowest BCUT2D eigenvalue weighted by molar-refractivity contribution is 0.106. The number of hydrogen-bond acceptors (Lipinski definition) is 5. The van der Waals surface area contributed by atoms with E-state index in [-0.39, 0.29) is 17.1 Å². The van der Waals surface area contributed by atoms with Crippen LogP contribution in [0.1, 0.15) is 28.4 Å². The van der Waals surface area contributed by atoms with Gasteiger partial charge in [0.2, 0.25) is 0 Å². The van der Waals surface area contributed by atoms with E-state index in [1.807, 2.05) is 32.0 Å². The number of Topliss-reactive ketones (excluding diaryl/α,β-unsaturated/α-hetero) is 1. The lowest BCUT2D eigenvalue weighted by Crippen LogP contribution is -2.29. The summed E-state index contributed by atoms with van der Waals surface area (Å²) in [5.41, 5.74) is 2.07. The Labute approximate surface area is 166 Å². The monoisotopic (exact) mass is 395 g/mol. The summed E-state index contributed by atoms with van der Waals surface area (Å²) in [5.74, 6) is 0.284. The Balaban J connectivity index is 2.06. The fourth-order valence-corrected chi connectivity index (χ4v) is 3.82. The molecule has 0 unspecified atom stereocenters. The summed E-state index contributed by atoms with van der Waals surface area (Å²) in [5, 5.41) is 9.82. The van der Waals surface area contributed by atoms with Crippen LogP contribution in [0.2, 0.25) is 0 Å². The molecule has 144 valence electrons. The van der Waals surface area contributed by atoms with E-state index >= 15 is 0 Å². The smallest absolute Gasteiger partial charge is 0.268 e. The van der Waals surface area contributed by atoms with Gasteiger partial charge in [0, 0.05) is 18.7 Å². The zero-order valence-electron chi connectivity index (χ0n) is 15.9. The van der Waals surface area contributed by atoms with Crippen LogP contribution in [0.4, 0.5) is 0 Å². The Morgan fingerprint density at radius 3 is 2.71 bits per heavy atom. The summed E-state index contributed by atoms with van der Waals surface area (Å²) < 4.78 is 7.93. The number of aromatic nitrogens is 1. The van der Waals surface area contributed by atoms with Gasteiger partial charge >= 0.3 is 0 Å². The van der Waals surface area contributed by atoms with E-state index in [0.717, 1.165) is 11.1 Å². The molecule has 6 heteroatoms. The first-order chi connectivity index (χ1) is 13.4. The first-order valence-electron chi connectivity index (χ1n) is 8.85. The minimum Gasteiger partial charge on any atom is -0.504 e. The fourth-order valence-electron chi connectivity index (χ4n) is 2.79. The molecule has 5 nitrogen and oxygen atoms in total. The van der Waals surface area contributed by atoms with Crippen molar-refractivity contribution in [3.8, 4) is 11.5 Å². The zero-order chi connectivity index (χ0) is 20.3. The molecular formula is C22H21NO4S. The molecule has 0 saturated heterocycles. The minimum atomic E-state index is -0.181. The van der Waals surface area contributed by atoms with Crippen molar-refractivity contribution in [1.29, 1.82) is 0 Å². The Morgan fingerprint density at radius 2 is 2.00 bits per heavy atom. The third-order valence-corrected chi connectivity index (χ3v) is 5.42. The van der Waals surface area contributed by atoms with Crippen LogP contribution in [0.5, 0.6) is 11.5 Å². The van der Waals surface area contributed by atoms with Crippen molar-refractivity contribution in [2.45, 2.75) is 13.8 Å². The Bertz CT molecular complexity index is 1200. The number of ether oxygens (including phenoxy) is 1. The topological polar surface area (TPSA) is 68.5 Å². The van der Waals surface area contributed by atoms with Gasteiger partial charge in [0.15, 0.2) is 17.3 Å². The Kier molecular flexibility index (Phi) is 5.80. The molecule has 0 saturated carbocycles. The van der Waals surface area contributed by atoms with E-state index in [1.165, 1.54) is 28.0 Å². The highest BCUT2D eigenvalue weighted by Gasteiger charge is 2.08. The number of hydrogen-bond donors (Lipinski definition) is 1. The van der Waals surface area contributed by atoms with Gasteiger partial charge in [0.25, 0.3) is 5.56 Å². The summed E-state index contributed by atoms with van der Waals surface area (Å²) in [7, 11) is 1.65. The molecule has 0 amide bonds. The molecule has 28 heavy (non-hydrogen) atoms. The minimum absolute atomic E-state index is 0.0518. The molecule has 0 bridgehead atoms. The second-order valence-electron chi connectivity index (χ2n) is 6.30. The van der Waals surface area contributed by atoms with Gasteiger partial charge in [-0.1, -0.05) is 30.3 Å². The van der Waals surface area contributed by atoms with Crippen LogP contribution in [-0.4, -0.2) is 22.1 Å². The number of nitrogens with zero attached hydrogens (tertiary/aromatic N) is 1. The maximum Gasteiger partial charge on any atom is 0.268 e. The summed E-state index contributed by atoms with van der Waals surface area (Å²) in [4.78, 5) is 25.2. The van der Waals surface area contributed by atoms with Crippen molar-refractivity contribution >= 4 is 29.3 Å². The Hall–Kier alpha value is -3.12. The molecule has 1 aromatic heterocycles. The first-order valence-corrected chi connectivity index (χ1v) is 9.67. The lowest BCUT2D eigenvalue weighted by Gasteiger charge is -2.05. The molecule has 1 N–H and O–H groups in total. The summed E-state index contributed by atoms with van der Waals surface area (Å²) in [6, 6.07) is 12.3. The normalized spacial score (nSPS) is 12.4. The summed E-state index contributed by atoms with van der Waals surface area (Å²) >= 11 is 1.25. The fraction of sp³-hybridized carbons (Fsp3) is 0.182. The third kappa shape index (κ3) is 4.07. The third-order valence-electron chi connectivity index (χ3n) is 4.31. The molecule has 0 spiro atoms. The van der Waals surface area contributed by atoms with E-state index in [4.69, 9.17) is 4.74 Å². The molecule has 0 aliphatic carbocycles. The van der Waals surface area contributed by atoms with Crippen molar-refractivity contribution in [3.05, 3.63) is 78.7 Å². The SMILES string of the molecule is CCOc1cc(/C=c2\s/c(=C\C(=O)c3ccccc3C)n(C)c2=O)ccc1O. The average Bonchev–Trinajstić information content (AvgIpc) is 2.93. The van der Waals surface area contributed by atoms with Gasteiger partial charge in [-0.3, -0.25) is 9.59 Å². The van der Waals surface area contributed by atoms with Crippen LogP contribution in [-0.2, 0) is 7.05 Å². The van der Waals surface area contributed by atoms with Crippen molar-refractivity contribution in [3.63, 3.8) is 0 Å². The first kappa shape index (κ1) is 19.6. The van der Waals surface area contributed by atoms with E-state index in [0.29, 0.717) is 27.1 Å². The van der Waals surface area contributed by atoms with Crippen LogP contribution in [0.3, 0.4) is 0 Å². The maximum atomic E-state index is 12.6. The number of carbonyl (C=O) groups is 1. The molecular weight excluding hydrogens is 374 g/mol. The molecule has 0 atom stereocenters. The largest absolute Gasteiger partial charge is 0.504 e. The van der Waals surface area contributed by atoms with E-state index in [2.05, 4.69) is 0 Å². The number of rotatable bonds is 5. The maximum absolute atomic E-state index is 12.6. The molecule has 0 fully saturated rings. The standard InChI is InChI=1S/C22H21NO4S/c1-4-27-19-11-15(9-10-17(19)24)12-20-22(26)23(3)21(28-20)13-18(25)16-8-6-5-7-14(16)2/h5-13,24H,4H2,1-3H3/b20-12-,21-13-. The summed E-state index contributed by atoms with van der Waals surface area (Å²) in [6.07, 6.45) is 3.22. The predicted molar refractivity (Wildman–Crippen MR) is 112 cm³/mol. The van der Waals surface area contributed by atoms with Crippen molar-refractivity contribution < 1.29 is 14.6 Å². The number of aromatic hydroxyl groups is 1. The number of benzene rings is 2. The average molecular weight is 395 g/mol. The van der Waals surface area contributed by atoms with E-state index < -0.39 is 0 Å². The number of thiazole rings is 1. The molecule has 0 aliphatic heterocycles. The van der Waals surface area contributed by atoms with Crippen LogP contribution >= 0.6 is 11.3 Å². The quantitative estimate of drug-likeness (QED) is 0.674. The molecule has 1 heterocycles. The van der Waals surface area contributed by atoms with Gasteiger partial charge in [-0.05, 0) is 43.2 Å². The molecule has 0 aliphatic rings. The number of ketones is 1. The van der Waals surface area contributed by atoms with Gasteiger partial charge in [-0.2, -0.15) is 0 Å². The number of phenols is 1. The number of phenolic OH excluding ortho intramolecular Hbond substituents is 1. The Morgan fingerprint density at radius 1 is 1.25 bits per heavy atom. The predicted octanol–water partition coefficient (Wildman–Crippen LogP) is 2.35.